The maximum Gasteiger partial charge on any atom is 0.229 e. The van der Waals surface area contributed by atoms with Gasteiger partial charge in [-0.1, -0.05) is 13.8 Å². The molecule has 1 saturated heterocycles. The van der Waals surface area contributed by atoms with E-state index in [0.29, 0.717) is 5.92 Å². The molecule has 1 fully saturated rings. The van der Waals surface area contributed by atoms with E-state index in [-0.39, 0.29) is 0 Å². The predicted octanol–water partition coefficient (Wildman–Crippen LogP) is 2.18. The number of aromatic nitrogens is 3. The van der Waals surface area contributed by atoms with Crippen LogP contribution in [-0.2, 0) is 24.0 Å². The molecule has 3 aromatic rings. The van der Waals surface area contributed by atoms with Gasteiger partial charge in [0.25, 0.3) is 0 Å². The van der Waals surface area contributed by atoms with Crippen molar-refractivity contribution in [1.82, 2.24) is 15.0 Å². The molecule has 160 valence electrons. The molecule has 5 rings (SSSR count). The maximum atomic E-state index is 6.26. The van der Waals surface area contributed by atoms with Crippen LogP contribution in [0.2, 0.25) is 0 Å². The number of nitrogens with one attached hydrogen (secondary N) is 2. The van der Waals surface area contributed by atoms with Crippen molar-refractivity contribution < 1.29 is 14.1 Å². The van der Waals surface area contributed by atoms with Crippen LogP contribution in [0.25, 0.3) is 22.2 Å². The molecule has 0 unspecified atom stereocenters. The van der Waals surface area contributed by atoms with Crippen molar-refractivity contribution in [3.63, 3.8) is 0 Å². The first kappa shape index (κ1) is 19.7. The number of ether oxygens (including phenoxy) is 1. The summed E-state index contributed by atoms with van der Waals surface area (Å²) in [6.07, 6.45) is 7.13. The zero-order chi connectivity index (χ0) is 20.5. The largest absolute Gasteiger partial charge is 0.432 e. The van der Waals surface area contributed by atoms with E-state index in [2.05, 4.69) is 29.1 Å². The topological polar surface area (TPSA) is 77.5 Å². The maximum absolute atomic E-state index is 6.26. The predicted molar refractivity (Wildman–Crippen MR) is 117 cm³/mol. The van der Waals surface area contributed by atoms with Crippen molar-refractivity contribution in [2.45, 2.75) is 46.0 Å². The summed E-state index contributed by atoms with van der Waals surface area (Å²) < 4.78 is 11.7. The molecule has 7 heteroatoms. The molecule has 1 aliphatic carbocycles. The van der Waals surface area contributed by atoms with Crippen LogP contribution in [0.15, 0.2) is 10.7 Å². The van der Waals surface area contributed by atoms with E-state index in [9.17, 15) is 0 Å². The van der Waals surface area contributed by atoms with Gasteiger partial charge in [-0.2, -0.15) is 0 Å². The van der Waals surface area contributed by atoms with Gasteiger partial charge in [0.1, 0.15) is 24.9 Å². The summed E-state index contributed by atoms with van der Waals surface area (Å²) >= 11 is 0. The van der Waals surface area contributed by atoms with Gasteiger partial charge >= 0.3 is 0 Å². The molecule has 0 spiro atoms. The van der Waals surface area contributed by atoms with Gasteiger partial charge in [-0.3, -0.25) is 0 Å². The fraction of sp³-hybridized carbons (Fsp3) is 0.609. The lowest BCUT2D eigenvalue weighted by molar-refractivity contribution is -0.908. The number of pyridine rings is 1. The molecule has 0 bridgehead atoms. The van der Waals surface area contributed by atoms with Crippen molar-refractivity contribution in [2.24, 2.45) is 5.92 Å². The first-order valence-corrected chi connectivity index (χ1v) is 11.4. The normalized spacial score (nSPS) is 17.3. The Hall–Kier alpha value is -2.25. The lowest BCUT2D eigenvalue weighted by Gasteiger charge is -2.23. The Morgan fingerprint density at radius 3 is 2.80 bits per heavy atom. The monoisotopic (exact) mass is 410 g/mol. The van der Waals surface area contributed by atoms with Crippen molar-refractivity contribution in [3.8, 4) is 0 Å². The highest BCUT2D eigenvalue weighted by atomic mass is 16.5. The van der Waals surface area contributed by atoms with E-state index in [1.165, 1.54) is 23.2 Å². The van der Waals surface area contributed by atoms with Gasteiger partial charge in [0.15, 0.2) is 11.4 Å². The molecule has 1 aliphatic heterocycles. The van der Waals surface area contributed by atoms with Gasteiger partial charge in [0.05, 0.1) is 25.1 Å². The quantitative estimate of drug-likeness (QED) is 0.582. The fourth-order valence-corrected chi connectivity index (χ4v) is 4.91. The Balaban J connectivity index is 1.41. The van der Waals surface area contributed by atoms with E-state index in [0.717, 1.165) is 93.1 Å². The van der Waals surface area contributed by atoms with Crippen LogP contribution in [0.3, 0.4) is 0 Å². The number of rotatable bonds is 7. The molecule has 2 aliphatic rings. The Bertz CT molecular complexity index is 1040. The highest BCUT2D eigenvalue weighted by Crippen LogP contribution is 2.38. The number of aryl methyl sites for hydroxylation is 1. The second-order valence-corrected chi connectivity index (χ2v) is 9.04. The third-order valence-corrected chi connectivity index (χ3v) is 6.36. The van der Waals surface area contributed by atoms with Crippen molar-refractivity contribution in [1.29, 1.82) is 0 Å². The molecule has 7 nitrogen and oxygen atoms in total. The standard InChI is InChI=1S/C23H31N5O2/c1-15(2)13-18-16-5-3-6-17(16)19-20-21(30-23(19)27-18)22(26-14-25-20)24-7-4-8-28-9-11-29-12-10-28/h14-15H,3-13H2,1-2H3,(H,24,25,26)/p+1. The summed E-state index contributed by atoms with van der Waals surface area (Å²) in [5.41, 5.74) is 6.41. The molecule has 3 aromatic heterocycles. The van der Waals surface area contributed by atoms with Gasteiger partial charge in [-0.25, -0.2) is 15.0 Å². The zero-order valence-corrected chi connectivity index (χ0v) is 18.1. The second kappa shape index (κ2) is 8.47. The molecular weight excluding hydrogens is 378 g/mol. The number of quaternary nitrogens is 1. The van der Waals surface area contributed by atoms with Crippen LogP contribution in [-0.4, -0.2) is 54.3 Å². The Kier molecular flexibility index (Phi) is 5.56. The zero-order valence-electron chi connectivity index (χ0n) is 18.1. The highest BCUT2D eigenvalue weighted by molar-refractivity contribution is 6.06. The van der Waals surface area contributed by atoms with Crippen LogP contribution in [0.4, 0.5) is 5.82 Å². The Morgan fingerprint density at radius 1 is 1.13 bits per heavy atom. The van der Waals surface area contributed by atoms with Crippen molar-refractivity contribution in [3.05, 3.63) is 23.1 Å². The fourth-order valence-electron chi connectivity index (χ4n) is 4.91. The van der Waals surface area contributed by atoms with Crippen LogP contribution >= 0.6 is 0 Å². The third kappa shape index (κ3) is 3.76. The minimum Gasteiger partial charge on any atom is -0.432 e. The lowest BCUT2D eigenvalue weighted by atomic mass is 9.99. The van der Waals surface area contributed by atoms with Crippen LogP contribution in [0.5, 0.6) is 0 Å². The van der Waals surface area contributed by atoms with E-state index in [4.69, 9.17) is 14.1 Å². The first-order chi connectivity index (χ1) is 14.7. The van der Waals surface area contributed by atoms with Gasteiger partial charge in [0.2, 0.25) is 5.71 Å². The number of hydrogen-bond donors (Lipinski definition) is 2. The molecule has 30 heavy (non-hydrogen) atoms. The van der Waals surface area contributed by atoms with E-state index >= 15 is 0 Å². The molecule has 0 radical (unpaired) electrons. The van der Waals surface area contributed by atoms with Crippen molar-refractivity contribution >= 4 is 28.0 Å². The highest BCUT2D eigenvalue weighted by Gasteiger charge is 2.25. The summed E-state index contributed by atoms with van der Waals surface area (Å²) in [5, 5.41) is 4.59. The van der Waals surface area contributed by atoms with Crippen LogP contribution in [0, 0.1) is 5.92 Å². The molecule has 2 N–H and O–H groups in total. The molecule has 0 saturated carbocycles. The number of anilines is 1. The summed E-state index contributed by atoms with van der Waals surface area (Å²) in [6.45, 7) is 10.5. The Morgan fingerprint density at radius 2 is 1.97 bits per heavy atom. The minimum absolute atomic E-state index is 0.578. The van der Waals surface area contributed by atoms with Gasteiger partial charge in [0, 0.05) is 18.7 Å². The molecule has 0 atom stereocenters. The van der Waals surface area contributed by atoms with Crippen LogP contribution in [0.1, 0.15) is 43.5 Å². The van der Waals surface area contributed by atoms with Crippen molar-refractivity contribution in [2.75, 3.05) is 44.7 Å². The van der Waals surface area contributed by atoms with Crippen LogP contribution < -0.4 is 10.2 Å². The van der Waals surface area contributed by atoms with Gasteiger partial charge in [-0.05, 0) is 42.7 Å². The SMILES string of the molecule is CC(C)Cc1nc2oc3c(NCCC[NH+]4CCOCC4)ncnc3c2c2c1CCC2. The van der Waals surface area contributed by atoms with E-state index in [1.54, 1.807) is 11.2 Å². The summed E-state index contributed by atoms with van der Waals surface area (Å²) in [4.78, 5) is 15.6. The summed E-state index contributed by atoms with van der Waals surface area (Å²) in [5.74, 6) is 1.36. The lowest BCUT2D eigenvalue weighted by Crippen LogP contribution is -3.14. The smallest absolute Gasteiger partial charge is 0.229 e. The summed E-state index contributed by atoms with van der Waals surface area (Å²) in [7, 11) is 0. The average Bonchev–Trinajstić information content (AvgIpc) is 3.36. The number of hydrogen-bond acceptors (Lipinski definition) is 6. The van der Waals surface area contributed by atoms with Gasteiger partial charge < -0.3 is 19.4 Å². The molecule has 0 aromatic carbocycles. The van der Waals surface area contributed by atoms with E-state index in [1.807, 2.05) is 0 Å². The van der Waals surface area contributed by atoms with Gasteiger partial charge in [-0.15, -0.1) is 0 Å². The summed E-state index contributed by atoms with van der Waals surface area (Å²) in [6, 6.07) is 0. The number of fused-ring (bicyclic) bond motifs is 5. The second-order valence-electron chi connectivity index (χ2n) is 9.04. The third-order valence-electron chi connectivity index (χ3n) is 6.36. The number of morpholine rings is 1. The molecular formula is C23H32N5O2+. The first-order valence-electron chi connectivity index (χ1n) is 11.4. The molecule has 0 amide bonds. The van der Waals surface area contributed by atoms with E-state index < -0.39 is 0 Å². The average molecular weight is 411 g/mol. The number of nitrogens with zero attached hydrogens (tertiary/aromatic N) is 3. The minimum atomic E-state index is 0.578. The number of furan rings is 1. The Labute approximate surface area is 177 Å². The molecule has 4 heterocycles.